The molecule has 0 aliphatic carbocycles. The fourth-order valence-corrected chi connectivity index (χ4v) is 4.51. The number of benzene rings is 5. The van der Waals surface area contributed by atoms with Gasteiger partial charge in [-0.15, -0.1) is 0 Å². The molecule has 5 aromatic carbocycles. The molecule has 0 aliphatic heterocycles. The van der Waals surface area contributed by atoms with Crippen molar-refractivity contribution in [2.45, 2.75) is 38.9 Å². The average molecular weight is 458 g/mol. The van der Waals surface area contributed by atoms with Gasteiger partial charge in [0.2, 0.25) is 0 Å². The van der Waals surface area contributed by atoms with Gasteiger partial charge in [-0.2, -0.15) is 0 Å². The first kappa shape index (κ1) is 23.4. The third kappa shape index (κ3) is 4.50. The highest BCUT2D eigenvalue weighted by atomic mass is 16.5. The van der Waals surface area contributed by atoms with E-state index in [0.717, 1.165) is 22.2 Å². The van der Waals surface area contributed by atoms with Crippen LogP contribution in [-0.2, 0) is 4.65 Å². The van der Waals surface area contributed by atoms with Crippen LogP contribution in [0.5, 0.6) is 0 Å². The molecule has 0 aliphatic rings. The molecule has 0 unspecified atom stereocenters. The Morgan fingerprint density at radius 1 is 0.600 bits per heavy atom. The Labute approximate surface area is 208 Å². The van der Waals surface area contributed by atoms with Crippen LogP contribution in [0.1, 0.15) is 27.7 Å². The number of hydrogen-bond donors (Lipinski definition) is 1. The standard InChI is InChI=1S/C32H31BO2/c1-31(2,34)32(3,4)35-33-30-21-24(18-19-26(30)22-12-6-5-7-13-22)29-20-23-14-8-9-15-25(23)27-16-10-11-17-28(27)29/h5-21,33-34H,1-4H3. The van der Waals surface area contributed by atoms with Gasteiger partial charge in [-0.3, -0.25) is 0 Å². The molecule has 0 saturated heterocycles. The van der Waals surface area contributed by atoms with E-state index < -0.39 is 11.2 Å². The lowest BCUT2D eigenvalue weighted by Gasteiger charge is -2.37. The molecule has 5 aromatic rings. The Balaban J connectivity index is 1.67. The van der Waals surface area contributed by atoms with Crippen molar-refractivity contribution in [1.29, 1.82) is 0 Å². The largest absolute Gasteiger partial charge is 0.427 e. The van der Waals surface area contributed by atoms with Gasteiger partial charge >= 0.3 is 7.48 Å². The van der Waals surface area contributed by atoms with Crippen LogP contribution in [0, 0.1) is 0 Å². The first-order valence-corrected chi connectivity index (χ1v) is 12.2. The summed E-state index contributed by atoms with van der Waals surface area (Å²) < 4.78 is 6.34. The van der Waals surface area contributed by atoms with Gasteiger partial charge in [0, 0.05) is 0 Å². The van der Waals surface area contributed by atoms with E-state index in [9.17, 15) is 5.11 Å². The van der Waals surface area contributed by atoms with Gasteiger partial charge in [-0.25, -0.2) is 0 Å². The van der Waals surface area contributed by atoms with Crippen molar-refractivity contribution in [2.75, 3.05) is 0 Å². The van der Waals surface area contributed by atoms with Crippen LogP contribution in [0.4, 0.5) is 0 Å². The first-order valence-electron chi connectivity index (χ1n) is 12.2. The molecular formula is C32H31BO2. The Hall–Kier alpha value is -3.40. The van der Waals surface area contributed by atoms with Crippen LogP contribution in [0.3, 0.4) is 0 Å². The second-order valence-electron chi connectivity index (χ2n) is 10.3. The number of rotatable bonds is 6. The fraction of sp³-hybridized carbons (Fsp3) is 0.188. The lowest BCUT2D eigenvalue weighted by molar-refractivity contribution is -0.0893. The SMILES string of the molecule is CC(C)(O)C(C)(C)OBc1cc(-c2cc3ccccc3c3ccccc23)ccc1-c1ccccc1. The number of fused-ring (bicyclic) bond motifs is 3. The van der Waals surface area contributed by atoms with Crippen LogP contribution in [0.15, 0.2) is 103 Å². The molecule has 0 atom stereocenters. The second kappa shape index (κ2) is 9.00. The van der Waals surface area contributed by atoms with Gasteiger partial charge in [0.15, 0.2) is 0 Å². The van der Waals surface area contributed by atoms with Crippen LogP contribution < -0.4 is 5.46 Å². The lowest BCUT2D eigenvalue weighted by atomic mass is 9.77. The number of hydrogen-bond acceptors (Lipinski definition) is 2. The van der Waals surface area contributed by atoms with E-state index in [1.165, 1.54) is 27.1 Å². The van der Waals surface area contributed by atoms with Crippen LogP contribution in [0.2, 0.25) is 0 Å². The molecule has 3 heteroatoms. The van der Waals surface area contributed by atoms with Crippen molar-refractivity contribution in [3.63, 3.8) is 0 Å². The van der Waals surface area contributed by atoms with E-state index in [0.29, 0.717) is 7.48 Å². The highest BCUT2D eigenvalue weighted by Crippen LogP contribution is 2.35. The minimum atomic E-state index is -0.966. The maximum Gasteiger partial charge on any atom is 0.310 e. The minimum absolute atomic E-state index is 0.403. The van der Waals surface area contributed by atoms with Crippen molar-refractivity contribution in [1.82, 2.24) is 0 Å². The van der Waals surface area contributed by atoms with Gasteiger partial charge in [-0.05, 0) is 83.0 Å². The zero-order valence-corrected chi connectivity index (χ0v) is 20.9. The highest BCUT2D eigenvalue weighted by molar-refractivity contribution is 6.49. The molecule has 0 heterocycles. The molecule has 0 amide bonds. The topological polar surface area (TPSA) is 29.5 Å². The maximum absolute atomic E-state index is 10.6. The zero-order valence-electron chi connectivity index (χ0n) is 20.9. The summed E-state index contributed by atoms with van der Waals surface area (Å²) in [5.74, 6) is 0. The van der Waals surface area contributed by atoms with Crippen LogP contribution >= 0.6 is 0 Å². The number of aliphatic hydroxyl groups is 1. The molecule has 0 bridgehead atoms. The normalized spacial score (nSPS) is 12.3. The summed E-state index contributed by atoms with van der Waals surface area (Å²) in [4.78, 5) is 0. The smallest absolute Gasteiger partial charge is 0.310 e. The van der Waals surface area contributed by atoms with Gasteiger partial charge < -0.3 is 9.76 Å². The van der Waals surface area contributed by atoms with E-state index in [-0.39, 0.29) is 0 Å². The van der Waals surface area contributed by atoms with Crippen molar-refractivity contribution in [3.05, 3.63) is 103 Å². The Bertz CT molecular complexity index is 1500. The quantitative estimate of drug-likeness (QED) is 0.222. The van der Waals surface area contributed by atoms with E-state index in [1.807, 2.05) is 19.9 Å². The summed E-state index contributed by atoms with van der Waals surface area (Å²) in [6, 6.07) is 36.6. The summed E-state index contributed by atoms with van der Waals surface area (Å²) in [6.45, 7) is 7.47. The molecule has 0 fully saturated rings. The molecule has 0 saturated carbocycles. The second-order valence-corrected chi connectivity index (χ2v) is 10.3. The lowest BCUT2D eigenvalue weighted by Crippen LogP contribution is -2.49. The van der Waals surface area contributed by atoms with E-state index in [1.54, 1.807) is 13.8 Å². The molecular weight excluding hydrogens is 427 g/mol. The summed E-state index contributed by atoms with van der Waals surface area (Å²) in [5.41, 5.74) is 4.10. The third-order valence-electron chi connectivity index (χ3n) is 7.33. The Morgan fingerprint density at radius 3 is 1.94 bits per heavy atom. The van der Waals surface area contributed by atoms with Crippen molar-refractivity contribution >= 4 is 34.5 Å². The Morgan fingerprint density at radius 2 is 1.23 bits per heavy atom. The van der Waals surface area contributed by atoms with Crippen molar-refractivity contribution in [3.8, 4) is 22.3 Å². The predicted molar refractivity (Wildman–Crippen MR) is 151 cm³/mol. The maximum atomic E-state index is 10.6. The van der Waals surface area contributed by atoms with Gasteiger partial charge in [0.25, 0.3) is 0 Å². The monoisotopic (exact) mass is 458 g/mol. The first-order chi connectivity index (χ1) is 16.7. The van der Waals surface area contributed by atoms with E-state index in [4.69, 9.17) is 4.65 Å². The molecule has 0 spiro atoms. The molecule has 2 nitrogen and oxygen atoms in total. The fourth-order valence-electron chi connectivity index (χ4n) is 4.51. The molecule has 35 heavy (non-hydrogen) atoms. The van der Waals surface area contributed by atoms with Crippen LogP contribution in [-0.4, -0.2) is 23.8 Å². The molecule has 0 aromatic heterocycles. The van der Waals surface area contributed by atoms with E-state index >= 15 is 0 Å². The van der Waals surface area contributed by atoms with Gasteiger partial charge in [0.1, 0.15) is 0 Å². The summed E-state index contributed by atoms with van der Waals surface area (Å²) in [6.07, 6.45) is 0. The van der Waals surface area contributed by atoms with Crippen LogP contribution in [0.25, 0.3) is 43.8 Å². The van der Waals surface area contributed by atoms with Gasteiger partial charge in [-0.1, -0.05) is 97.1 Å². The highest BCUT2D eigenvalue weighted by Gasteiger charge is 2.35. The Kier molecular flexibility index (Phi) is 6.00. The summed E-state index contributed by atoms with van der Waals surface area (Å²) in [7, 11) is 0.403. The zero-order chi connectivity index (χ0) is 24.6. The van der Waals surface area contributed by atoms with E-state index in [2.05, 4.69) is 97.1 Å². The van der Waals surface area contributed by atoms with Crippen molar-refractivity contribution < 1.29 is 9.76 Å². The average Bonchev–Trinajstić information content (AvgIpc) is 2.87. The molecule has 1 N–H and O–H groups in total. The predicted octanol–water partition coefficient (Wildman–Crippen LogP) is 6.87. The minimum Gasteiger partial charge on any atom is -0.427 e. The van der Waals surface area contributed by atoms with Crippen molar-refractivity contribution in [2.24, 2.45) is 0 Å². The summed E-state index contributed by atoms with van der Waals surface area (Å²) >= 11 is 0. The molecule has 0 radical (unpaired) electrons. The molecule has 174 valence electrons. The van der Waals surface area contributed by atoms with Gasteiger partial charge in [0.05, 0.1) is 11.2 Å². The molecule has 5 rings (SSSR count). The summed E-state index contributed by atoms with van der Waals surface area (Å²) in [5, 5.41) is 15.6. The third-order valence-corrected chi connectivity index (χ3v) is 7.33.